The van der Waals surface area contributed by atoms with Crippen molar-refractivity contribution in [1.29, 1.82) is 0 Å². The summed E-state index contributed by atoms with van der Waals surface area (Å²) in [5.74, 6) is 0. The van der Waals surface area contributed by atoms with Crippen LogP contribution < -0.4 is 5.73 Å². The Bertz CT molecular complexity index is 533. The second-order valence-electron chi connectivity index (χ2n) is 3.89. The quantitative estimate of drug-likeness (QED) is 0.847. The van der Waals surface area contributed by atoms with Crippen molar-refractivity contribution in [3.8, 4) is 0 Å². The highest BCUT2D eigenvalue weighted by Gasteiger charge is 2.30. The second kappa shape index (κ2) is 5.22. The Morgan fingerprint density at radius 1 is 1.28 bits per heavy atom. The van der Waals surface area contributed by atoms with Gasteiger partial charge in [0, 0.05) is 18.8 Å². The minimum absolute atomic E-state index is 0.0133. The summed E-state index contributed by atoms with van der Waals surface area (Å²) < 4.78 is 31.1. The molecule has 1 aromatic rings. The van der Waals surface area contributed by atoms with Crippen LogP contribution in [-0.2, 0) is 14.8 Å². The molecule has 0 aliphatic carbocycles. The van der Waals surface area contributed by atoms with E-state index in [0.717, 1.165) is 0 Å². The molecule has 0 amide bonds. The fourth-order valence-corrected chi connectivity index (χ4v) is 4.26. The van der Waals surface area contributed by atoms with E-state index in [1.54, 1.807) is 0 Å². The van der Waals surface area contributed by atoms with Crippen LogP contribution in [0.5, 0.6) is 0 Å². The Hall–Kier alpha value is -0.530. The normalized spacial score (nSPS) is 17.9. The van der Waals surface area contributed by atoms with Gasteiger partial charge in [-0.05, 0) is 18.6 Å². The lowest BCUT2D eigenvalue weighted by molar-refractivity contribution is 0.0313. The summed E-state index contributed by atoms with van der Waals surface area (Å²) >= 11 is 11.9. The van der Waals surface area contributed by atoms with Crippen LogP contribution in [0.15, 0.2) is 17.0 Å². The largest absolute Gasteiger partial charge is 0.399 e. The number of rotatable bonds is 2. The Labute approximate surface area is 115 Å². The molecule has 0 aromatic heterocycles. The van der Waals surface area contributed by atoms with Gasteiger partial charge in [-0.15, -0.1) is 0 Å². The zero-order valence-electron chi connectivity index (χ0n) is 9.40. The number of sulfonamides is 1. The van der Waals surface area contributed by atoms with E-state index in [0.29, 0.717) is 25.3 Å². The molecule has 0 unspecified atom stereocenters. The Morgan fingerprint density at radius 3 is 2.39 bits per heavy atom. The van der Waals surface area contributed by atoms with Crippen molar-refractivity contribution in [1.82, 2.24) is 4.31 Å². The van der Waals surface area contributed by atoms with Crippen molar-refractivity contribution < 1.29 is 13.2 Å². The topological polar surface area (TPSA) is 72.6 Å². The van der Waals surface area contributed by atoms with Crippen LogP contribution >= 0.6 is 23.2 Å². The zero-order valence-corrected chi connectivity index (χ0v) is 11.7. The van der Waals surface area contributed by atoms with E-state index < -0.39 is 10.0 Å². The molecule has 0 atom stereocenters. The molecule has 0 saturated carbocycles. The minimum atomic E-state index is -3.75. The van der Waals surface area contributed by atoms with Crippen LogP contribution in [0.3, 0.4) is 0 Å². The first kappa shape index (κ1) is 13.9. The van der Waals surface area contributed by atoms with Gasteiger partial charge in [0.25, 0.3) is 0 Å². The van der Waals surface area contributed by atoms with Crippen molar-refractivity contribution in [2.45, 2.75) is 11.3 Å². The van der Waals surface area contributed by atoms with E-state index in [-0.39, 0.29) is 21.7 Å². The lowest BCUT2D eigenvalue weighted by Crippen LogP contribution is -2.38. The number of nitrogens with two attached hydrogens (primary N) is 1. The van der Waals surface area contributed by atoms with Crippen molar-refractivity contribution in [3.05, 3.63) is 22.2 Å². The monoisotopic (exact) mass is 310 g/mol. The van der Waals surface area contributed by atoms with Crippen LogP contribution in [0.4, 0.5) is 5.69 Å². The van der Waals surface area contributed by atoms with Gasteiger partial charge in [-0.1, -0.05) is 23.2 Å². The van der Waals surface area contributed by atoms with Crippen molar-refractivity contribution in [2.24, 2.45) is 0 Å². The smallest absolute Gasteiger partial charge is 0.248 e. The van der Waals surface area contributed by atoms with E-state index in [2.05, 4.69) is 0 Å². The number of hydrogen-bond acceptors (Lipinski definition) is 4. The maximum absolute atomic E-state index is 12.4. The molecule has 100 valence electrons. The molecular formula is C10H12Cl2N2O3S. The van der Waals surface area contributed by atoms with Crippen molar-refractivity contribution in [3.63, 3.8) is 0 Å². The lowest BCUT2D eigenvalue weighted by Gasteiger charge is -2.26. The fraction of sp³-hybridized carbons (Fsp3) is 0.400. The third kappa shape index (κ3) is 2.57. The molecule has 1 heterocycles. The number of anilines is 1. The molecule has 2 rings (SSSR count). The van der Waals surface area contributed by atoms with Gasteiger partial charge in [0.05, 0.1) is 10.0 Å². The zero-order chi connectivity index (χ0) is 13.3. The van der Waals surface area contributed by atoms with Gasteiger partial charge < -0.3 is 10.5 Å². The lowest BCUT2D eigenvalue weighted by atomic mass is 10.3. The molecule has 1 aliphatic rings. The third-order valence-electron chi connectivity index (χ3n) is 2.55. The van der Waals surface area contributed by atoms with Gasteiger partial charge in [-0.25, -0.2) is 8.42 Å². The number of halogens is 2. The summed E-state index contributed by atoms with van der Waals surface area (Å²) in [5, 5.41) is 0.0381. The van der Waals surface area contributed by atoms with Crippen LogP contribution in [-0.4, -0.2) is 32.6 Å². The average Bonchev–Trinajstić information content (AvgIpc) is 2.28. The number of nitrogen functional groups attached to an aromatic ring is 1. The molecule has 0 spiro atoms. The molecule has 18 heavy (non-hydrogen) atoms. The van der Waals surface area contributed by atoms with E-state index >= 15 is 0 Å². The highest BCUT2D eigenvalue weighted by atomic mass is 35.5. The Balaban J connectivity index is 2.47. The van der Waals surface area contributed by atoms with Crippen LogP contribution in [0, 0.1) is 0 Å². The van der Waals surface area contributed by atoms with E-state index in [4.69, 9.17) is 33.7 Å². The molecule has 0 bridgehead atoms. The molecule has 2 N–H and O–H groups in total. The summed E-state index contributed by atoms with van der Waals surface area (Å²) in [6.45, 7) is 0.952. The molecule has 1 aromatic carbocycles. The first-order valence-corrected chi connectivity index (χ1v) is 7.45. The van der Waals surface area contributed by atoms with Gasteiger partial charge in [-0.3, -0.25) is 0 Å². The Morgan fingerprint density at radius 2 is 1.89 bits per heavy atom. The predicted molar refractivity (Wildman–Crippen MR) is 70.2 cm³/mol. The molecule has 0 radical (unpaired) electrons. The SMILES string of the molecule is Nc1cc(Cl)c(S(=O)(=O)N2CCCOC2)c(Cl)c1. The van der Waals surface area contributed by atoms with Crippen LogP contribution in [0.25, 0.3) is 0 Å². The van der Waals surface area contributed by atoms with E-state index in [9.17, 15) is 8.42 Å². The minimum Gasteiger partial charge on any atom is -0.399 e. The van der Waals surface area contributed by atoms with Crippen LogP contribution in [0.1, 0.15) is 6.42 Å². The van der Waals surface area contributed by atoms with Gasteiger partial charge in [-0.2, -0.15) is 4.31 Å². The molecule has 1 fully saturated rings. The standard InChI is InChI=1S/C10H12Cl2N2O3S/c11-8-4-7(13)5-9(12)10(8)18(15,16)14-2-1-3-17-6-14/h4-5H,1-3,6,13H2. The van der Waals surface area contributed by atoms with Gasteiger partial charge >= 0.3 is 0 Å². The summed E-state index contributed by atoms with van der Waals surface area (Å²) in [7, 11) is -3.75. The number of nitrogens with zero attached hydrogens (tertiary/aromatic N) is 1. The van der Waals surface area contributed by atoms with E-state index in [1.165, 1.54) is 16.4 Å². The highest BCUT2D eigenvalue weighted by molar-refractivity contribution is 7.89. The second-order valence-corrected chi connectivity index (χ2v) is 6.57. The first-order chi connectivity index (χ1) is 8.43. The number of ether oxygens (including phenoxy) is 1. The number of hydrogen-bond donors (Lipinski definition) is 1. The average molecular weight is 311 g/mol. The molecular weight excluding hydrogens is 299 g/mol. The first-order valence-electron chi connectivity index (χ1n) is 5.25. The molecule has 1 saturated heterocycles. The van der Waals surface area contributed by atoms with Crippen molar-refractivity contribution in [2.75, 3.05) is 25.6 Å². The van der Waals surface area contributed by atoms with Gasteiger partial charge in [0.2, 0.25) is 10.0 Å². The molecule has 5 nitrogen and oxygen atoms in total. The van der Waals surface area contributed by atoms with E-state index in [1.807, 2.05) is 0 Å². The van der Waals surface area contributed by atoms with Gasteiger partial charge in [0.15, 0.2) is 0 Å². The number of benzene rings is 1. The fourth-order valence-electron chi connectivity index (χ4n) is 1.72. The summed E-state index contributed by atoms with van der Waals surface area (Å²) in [5.41, 5.74) is 5.87. The van der Waals surface area contributed by atoms with Crippen LogP contribution in [0.2, 0.25) is 10.0 Å². The summed E-state index contributed by atoms with van der Waals surface area (Å²) in [6, 6.07) is 2.73. The van der Waals surface area contributed by atoms with Gasteiger partial charge in [0.1, 0.15) is 11.6 Å². The molecule has 8 heteroatoms. The maximum atomic E-state index is 12.4. The maximum Gasteiger partial charge on any atom is 0.248 e. The predicted octanol–water partition coefficient (Wildman–Crippen LogP) is 1.94. The van der Waals surface area contributed by atoms with Crippen molar-refractivity contribution >= 4 is 38.9 Å². The third-order valence-corrected chi connectivity index (χ3v) is 5.29. The summed E-state index contributed by atoms with van der Waals surface area (Å²) in [4.78, 5) is -0.120. The Kier molecular flexibility index (Phi) is 4.03. The highest BCUT2D eigenvalue weighted by Crippen LogP contribution is 2.34. The summed E-state index contributed by atoms with van der Waals surface area (Å²) in [6.07, 6.45) is 0.642. The molecule has 1 aliphatic heterocycles.